The first-order valence-electron chi connectivity index (χ1n) is 9.34. The summed E-state index contributed by atoms with van der Waals surface area (Å²) in [5.74, 6) is 0.103. The molecule has 2 saturated heterocycles. The third-order valence-corrected chi connectivity index (χ3v) is 5.21. The third kappa shape index (κ3) is 5.23. The van der Waals surface area contributed by atoms with Gasteiger partial charge in [-0.2, -0.15) is 0 Å². The monoisotopic (exact) mass is 346 g/mol. The molecule has 1 amide bonds. The average Bonchev–Trinajstić information content (AvgIpc) is 3.08. The van der Waals surface area contributed by atoms with Gasteiger partial charge in [0.1, 0.15) is 0 Å². The first-order valence-corrected chi connectivity index (χ1v) is 9.34. The van der Waals surface area contributed by atoms with Crippen molar-refractivity contribution in [2.75, 3.05) is 46.3 Å². The van der Waals surface area contributed by atoms with Crippen LogP contribution >= 0.6 is 0 Å². The van der Waals surface area contributed by atoms with Crippen LogP contribution in [0.25, 0.3) is 0 Å². The van der Waals surface area contributed by atoms with Crippen LogP contribution in [0.1, 0.15) is 31.2 Å². The van der Waals surface area contributed by atoms with Crippen LogP contribution in [0.5, 0.6) is 0 Å². The minimum absolute atomic E-state index is 0.103. The zero-order chi connectivity index (χ0) is 17.7. The molecule has 1 atom stereocenters. The number of amides is 1. The number of rotatable bonds is 6. The van der Waals surface area contributed by atoms with Gasteiger partial charge < -0.3 is 14.9 Å². The minimum Gasteiger partial charge on any atom is -0.387 e. The summed E-state index contributed by atoms with van der Waals surface area (Å²) in [6.45, 7) is 5.13. The third-order valence-electron chi connectivity index (χ3n) is 5.21. The molecule has 6 nitrogen and oxygen atoms in total. The summed E-state index contributed by atoms with van der Waals surface area (Å²) in [6.07, 6.45) is 7.69. The van der Waals surface area contributed by atoms with Crippen LogP contribution < -0.4 is 0 Å². The normalized spacial score (nSPS) is 24.8. The van der Waals surface area contributed by atoms with Gasteiger partial charge in [0.15, 0.2) is 0 Å². The molecule has 1 aromatic rings. The number of aromatic nitrogens is 1. The van der Waals surface area contributed by atoms with Gasteiger partial charge in [-0.3, -0.25) is 14.7 Å². The Morgan fingerprint density at radius 3 is 2.84 bits per heavy atom. The molecular formula is C19H30N4O2. The lowest BCUT2D eigenvalue weighted by Crippen LogP contribution is -2.56. The van der Waals surface area contributed by atoms with Crippen LogP contribution in [0.4, 0.5) is 0 Å². The lowest BCUT2D eigenvalue weighted by atomic mass is 9.92. The van der Waals surface area contributed by atoms with Gasteiger partial charge >= 0.3 is 0 Å². The largest absolute Gasteiger partial charge is 0.387 e. The van der Waals surface area contributed by atoms with Crippen molar-refractivity contribution in [1.82, 2.24) is 19.7 Å². The van der Waals surface area contributed by atoms with E-state index in [-0.39, 0.29) is 5.91 Å². The van der Waals surface area contributed by atoms with Crippen LogP contribution in [-0.4, -0.2) is 82.6 Å². The number of piperidine rings is 1. The van der Waals surface area contributed by atoms with Gasteiger partial charge in [0.25, 0.3) is 0 Å². The number of likely N-dealkylation sites (tertiary alicyclic amines) is 2. The molecule has 2 fully saturated rings. The molecule has 0 saturated carbocycles. The molecule has 0 radical (unpaired) electrons. The van der Waals surface area contributed by atoms with Crippen molar-refractivity contribution >= 4 is 5.91 Å². The van der Waals surface area contributed by atoms with Gasteiger partial charge in [0, 0.05) is 32.0 Å². The molecule has 0 bridgehead atoms. The number of aliphatic hydroxyl groups is 1. The van der Waals surface area contributed by atoms with E-state index in [0.717, 1.165) is 38.0 Å². The van der Waals surface area contributed by atoms with Crippen LogP contribution in [0, 0.1) is 0 Å². The van der Waals surface area contributed by atoms with Crippen molar-refractivity contribution in [3.8, 4) is 0 Å². The summed E-state index contributed by atoms with van der Waals surface area (Å²) in [7, 11) is 1.95. The number of carbonyl (C=O) groups is 1. The molecule has 0 spiro atoms. The molecular weight excluding hydrogens is 316 g/mol. The van der Waals surface area contributed by atoms with Crippen molar-refractivity contribution in [2.24, 2.45) is 0 Å². The average molecular weight is 346 g/mol. The quantitative estimate of drug-likeness (QED) is 0.831. The van der Waals surface area contributed by atoms with Crippen molar-refractivity contribution in [3.63, 3.8) is 0 Å². The smallest absolute Gasteiger partial charge is 0.236 e. The van der Waals surface area contributed by atoms with E-state index in [9.17, 15) is 9.90 Å². The molecule has 1 N–H and O–H groups in total. The molecule has 6 heteroatoms. The number of hydrogen-bond acceptors (Lipinski definition) is 5. The number of β-amino-alcohol motifs (C(OH)–C–C–N with tert-alkyl or cyclic N) is 1. The van der Waals surface area contributed by atoms with E-state index in [1.54, 1.807) is 6.20 Å². The number of likely N-dealkylation sites (N-methyl/N-ethyl adjacent to an activating group) is 1. The fraction of sp³-hybridized carbons (Fsp3) is 0.684. The lowest BCUT2D eigenvalue weighted by molar-refractivity contribution is -0.140. The summed E-state index contributed by atoms with van der Waals surface area (Å²) in [5.41, 5.74) is 0.349. The molecule has 2 aliphatic heterocycles. The molecule has 25 heavy (non-hydrogen) atoms. The summed E-state index contributed by atoms with van der Waals surface area (Å²) in [5, 5.41) is 11.0. The number of carbonyl (C=O) groups excluding carboxylic acids is 1. The number of nitrogens with zero attached hydrogens (tertiary/aromatic N) is 4. The van der Waals surface area contributed by atoms with Gasteiger partial charge in [-0.25, -0.2) is 0 Å². The van der Waals surface area contributed by atoms with Crippen LogP contribution in [0.3, 0.4) is 0 Å². The van der Waals surface area contributed by atoms with E-state index in [0.29, 0.717) is 26.2 Å². The highest BCUT2D eigenvalue weighted by molar-refractivity contribution is 5.78. The zero-order valence-corrected chi connectivity index (χ0v) is 15.2. The predicted octanol–water partition coefficient (Wildman–Crippen LogP) is 0.963. The Balaban J connectivity index is 1.50. The van der Waals surface area contributed by atoms with E-state index in [2.05, 4.69) is 9.88 Å². The van der Waals surface area contributed by atoms with Crippen molar-refractivity contribution in [3.05, 3.63) is 30.1 Å². The molecule has 138 valence electrons. The Morgan fingerprint density at radius 2 is 2.12 bits per heavy atom. The van der Waals surface area contributed by atoms with Crippen molar-refractivity contribution < 1.29 is 9.90 Å². The first-order chi connectivity index (χ1) is 12.0. The Morgan fingerprint density at radius 1 is 1.32 bits per heavy atom. The Bertz CT molecular complexity index is 562. The SMILES string of the molecule is CN(CC(=O)N1CCC[C@@](O)(CN2CCCC2)C1)Cc1cccnc1. The summed E-state index contributed by atoms with van der Waals surface area (Å²) in [4.78, 5) is 23.0. The van der Waals surface area contributed by atoms with Gasteiger partial charge in [-0.15, -0.1) is 0 Å². The second-order valence-corrected chi connectivity index (χ2v) is 7.66. The topological polar surface area (TPSA) is 59.9 Å². The maximum absolute atomic E-state index is 12.7. The Hall–Kier alpha value is -1.50. The van der Waals surface area contributed by atoms with E-state index in [1.807, 2.05) is 35.2 Å². The van der Waals surface area contributed by atoms with E-state index in [4.69, 9.17) is 0 Å². The van der Waals surface area contributed by atoms with E-state index < -0.39 is 5.60 Å². The summed E-state index contributed by atoms with van der Waals surface area (Å²) >= 11 is 0. The van der Waals surface area contributed by atoms with E-state index >= 15 is 0 Å². The van der Waals surface area contributed by atoms with Crippen LogP contribution in [0.15, 0.2) is 24.5 Å². The Kier molecular flexibility index (Phi) is 6.04. The highest BCUT2D eigenvalue weighted by Crippen LogP contribution is 2.24. The highest BCUT2D eigenvalue weighted by Gasteiger charge is 2.37. The minimum atomic E-state index is -0.750. The second-order valence-electron chi connectivity index (χ2n) is 7.66. The molecule has 0 aliphatic carbocycles. The maximum Gasteiger partial charge on any atom is 0.236 e. The van der Waals surface area contributed by atoms with Crippen molar-refractivity contribution in [1.29, 1.82) is 0 Å². The molecule has 0 unspecified atom stereocenters. The standard InChI is InChI=1S/C19H30N4O2/c1-21(13-17-6-4-8-20-12-17)14-18(24)23-11-5-7-19(25,16-23)15-22-9-2-3-10-22/h4,6,8,12,25H,2-3,5,7,9-11,13-16H2,1H3/t19-/m1/s1. The van der Waals surface area contributed by atoms with Gasteiger partial charge in [-0.05, 0) is 57.5 Å². The van der Waals surface area contributed by atoms with Gasteiger partial charge in [0.2, 0.25) is 5.91 Å². The second kappa shape index (κ2) is 8.25. The Labute approximate surface area is 150 Å². The van der Waals surface area contributed by atoms with Gasteiger partial charge in [0.05, 0.1) is 18.7 Å². The molecule has 1 aromatic heterocycles. The number of pyridine rings is 1. The first kappa shape index (κ1) is 18.3. The fourth-order valence-electron chi connectivity index (χ4n) is 4.00. The van der Waals surface area contributed by atoms with Crippen LogP contribution in [0.2, 0.25) is 0 Å². The molecule has 2 aliphatic rings. The molecule has 3 rings (SSSR count). The maximum atomic E-state index is 12.7. The summed E-state index contributed by atoms with van der Waals surface area (Å²) < 4.78 is 0. The number of hydrogen-bond donors (Lipinski definition) is 1. The van der Waals surface area contributed by atoms with Crippen molar-refractivity contribution in [2.45, 2.75) is 37.8 Å². The van der Waals surface area contributed by atoms with Gasteiger partial charge in [-0.1, -0.05) is 6.07 Å². The van der Waals surface area contributed by atoms with Crippen LogP contribution in [-0.2, 0) is 11.3 Å². The zero-order valence-electron chi connectivity index (χ0n) is 15.2. The van der Waals surface area contributed by atoms with E-state index in [1.165, 1.54) is 12.8 Å². The fourth-order valence-corrected chi connectivity index (χ4v) is 4.00. The highest BCUT2D eigenvalue weighted by atomic mass is 16.3. The predicted molar refractivity (Wildman–Crippen MR) is 97.0 cm³/mol. The molecule has 3 heterocycles. The summed E-state index contributed by atoms with van der Waals surface area (Å²) in [6, 6.07) is 3.93. The lowest BCUT2D eigenvalue weighted by Gasteiger charge is -2.41. The molecule has 0 aromatic carbocycles.